The van der Waals surface area contributed by atoms with Crippen LogP contribution in [-0.2, 0) is 11.0 Å². The number of alkyl halides is 3. The Bertz CT molecular complexity index is 795. The van der Waals surface area contributed by atoms with E-state index in [1.54, 1.807) is 6.07 Å². The number of hydrogen-bond acceptors (Lipinski definition) is 3. The van der Waals surface area contributed by atoms with Gasteiger partial charge >= 0.3 is 6.18 Å². The van der Waals surface area contributed by atoms with Crippen LogP contribution in [0.5, 0.6) is 5.75 Å². The summed E-state index contributed by atoms with van der Waals surface area (Å²) >= 11 is 11.6. The molecule has 0 atom stereocenters. The van der Waals surface area contributed by atoms with Crippen molar-refractivity contribution in [2.45, 2.75) is 6.18 Å². The fraction of sp³-hybridized carbons (Fsp3) is 0.125. The lowest BCUT2D eigenvalue weighted by atomic mass is 10.1. The first-order chi connectivity index (χ1) is 11.8. The number of amides is 1. The van der Waals surface area contributed by atoms with Crippen LogP contribution in [0.3, 0.4) is 0 Å². The van der Waals surface area contributed by atoms with Crippen molar-refractivity contribution in [1.82, 2.24) is 5.43 Å². The number of hydrogen-bond donors (Lipinski definition) is 1. The highest BCUT2D eigenvalue weighted by Crippen LogP contribution is 2.29. The molecule has 0 spiro atoms. The topological polar surface area (TPSA) is 50.7 Å². The van der Waals surface area contributed by atoms with Gasteiger partial charge in [-0.1, -0.05) is 35.3 Å². The highest BCUT2D eigenvalue weighted by Gasteiger charge is 2.30. The van der Waals surface area contributed by atoms with E-state index in [0.717, 1.165) is 18.3 Å². The van der Waals surface area contributed by atoms with E-state index >= 15 is 0 Å². The van der Waals surface area contributed by atoms with Crippen LogP contribution >= 0.6 is 23.2 Å². The summed E-state index contributed by atoms with van der Waals surface area (Å²) in [5.41, 5.74) is 1.53. The maximum Gasteiger partial charge on any atom is 0.416 e. The van der Waals surface area contributed by atoms with E-state index in [1.807, 2.05) is 0 Å². The Morgan fingerprint density at radius 3 is 2.64 bits per heavy atom. The van der Waals surface area contributed by atoms with Crippen LogP contribution in [0.4, 0.5) is 13.2 Å². The van der Waals surface area contributed by atoms with Gasteiger partial charge in [0, 0.05) is 5.02 Å². The second kappa shape index (κ2) is 8.22. The van der Waals surface area contributed by atoms with E-state index < -0.39 is 17.6 Å². The molecule has 2 aromatic rings. The van der Waals surface area contributed by atoms with Crippen LogP contribution in [0.25, 0.3) is 0 Å². The predicted octanol–water partition coefficient (Wildman–Crippen LogP) is 4.54. The minimum atomic E-state index is -4.45. The van der Waals surface area contributed by atoms with Crippen molar-refractivity contribution in [3.63, 3.8) is 0 Å². The van der Waals surface area contributed by atoms with Crippen molar-refractivity contribution >= 4 is 35.3 Å². The van der Waals surface area contributed by atoms with Gasteiger partial charge in [0.15, 0.2) is 6.61 Å². The lowest BCUT2D eigenvalue weighted by Gasteiger charge is -2.07. The van der Waals surface area contributed by atoms with Crippen LogP contribution < -0.4 is 10.2 Å². The molecule has 0 radical (unpaired) electrons. The van der Waals surface area contributed by atoms with Gasteiger partial charge in [0.2, 0.25) is 0 Å². The summed E-state index contributed by atoms with van der Waals surface area (Å²) in [6.45, 7) is -0.374. The SMILES string of the molecule is O=C(COc1ccc(Cl)cc1Cl)N/N=C\c1cccc(C(F)(F)F)c1. The molecule has 1 N–H and O–H groups in total. The number of carbonyl (C=O) groups excluding carboxylic acids is 1. The maximum absolute atomic E-state index is 12.6. The lowest BCUT2D eigenvalue weighted by molar-refractivity contribution is -0.137. The number of ether oxygens (including phenoxy) is 1. The van der Waals surface area contributed by atoms with Crippen molar-refractivity contribution in [3.8, 4) is 5.75 Å². The molecule has 0 unspecified atom stereocenters. The number of carbonyl (C=O) groups is 1. The van der Waals surface area contributed by atoms with Crippen LogP contribution in [-0.4, -0.2) is 18.7 Å². The summed E-state index contributed by atoms with van der Waals surface area (Å²) in [7, 11) is 0. The highest BCUT2D eigenvalue weighted by molar-refractivity contribution is 6.35. The Hall–Kier alpha value is -2.25. The molecule has 0 aliphatic rings. The van der Waals surface area contributed by atoms with E-state index in [-0.39, 0.29) is 22.9 Å². The quantitative estimate of drug-likeness (QED) is 0.601. The van der Waals surface area contributed by atoms with Crippen LogP contribution in [0, 0.1) is 0 Å². The van der Waals surface area contributed by atoms with Gasteiger partial charge < -0.3 is 4.74 Å². The van der Waals surface area contributed by atoms with E-state index in [2.05, 4.69) is 10.5 Å². The van der Waals surface area contributed by atoms with Crippen molar-refractivity contribution in [3.05, 3.63) is 63.6 Å². The van der Waals surface area contributed by atoms with Gasteiger partial charge in [0.05, 0.1) is 16.8 Å². The Morgan fingerprint density at radius 1 is 1.20 bits per heavy atom. The van der Waals surface area contributed by atoms with Gasteiger partial charge in [-0.25, -0.2) is 5.43 Å². The first kappa shape index (κ1) is 19.1. The van der Waals surface area contributed by atoms with Gasteiger partial charge in [0.25, 0.3) is 5.91 Å². The first-order valence-corrected chi connectivity index (χ1v) is 7.58. The highest BCUT2D eigenvalue weighted by atomic mass is 35.5. The molecule has 0 heterocycles. The minimum Gasteiger partial charge on any atom is -0.482 e. The number of nitrogens with zero attached hydrogens (tertiary/aromatic N) is 1. The molecule has 0 aromatic heterocycles. The zero-order valence-electron chi connectivity index (χ0n) is 12.5. The maximum atomic E-state index is 12.6. The van der Waals surface area contributed by atoms with Crippen molar-refractivity contribution in [2.24, 2.45) is 5.10 Å². The molecule has 2 rings (SSSR count). The zero-order chi connectivity index (χ0) is 18.4. The number of benzene rings is 2. The molecule has 0 fully saturated rings. The normalized spacial score (nSPS) is 11.6. The number of halogens is 5. The van der Waals surface area contributed by atoms with Crippen molar-refractivity contribution in [2.75, 3.05) is 6.61 Å². The average molecular weight is 391 g/mol. The molecule has 0 aliphatic carbocycles. The number of nitrogens with one attached hydrogen (secondary N) is 1. The van der Waals surface area contributed by atoms with Crippen LogP contribution in [0.1, 0.15) is 11.1 Å². The van der Waals surface area contributed by atoms with Gasteiger partial charge in [-0.05, 0) is 35.9 Å². The molecule has 1 amide bonds. The number of hydrazone groups is 1. The first-order valence-electron chi connectivity index (χ1n) is 6.83. The Kier molecular flexibility index (Phi) is 6.27. The Labute approximate surface area is 151 Å². The van der Waals surface area contributed by atoms with E-state index in [0.29, 0.717) is 5.02 Å². The lowest BCUT2D eigenvalue weighted by Crippen LogP contribution is -2.24. The molecule has 132 valence electrons. The fourth-order valence-corrected chi connectivity index (χ4v) is 2.20. The smallest absolute Gasteiger partial charge is 0.416 e. The van der Waals surface area contributed by atoms with Crippen molar-refractivity contribution < 1.29 is 22.7 Å². The summed E-state index contributed by atoms with van der Waals surface area (Å²) in [5, 5.41) is 4.25. The molecule has 0 aliphatic heterocycles. The van der Waals surface area contributed by atoms with E-state index in [9.17, 15) is 18.0 Å². The van der Waals surface area contributed by atoms with E-state index in [1.165, 1.54) is 24.3 Å². The summed E-state index contributed by atoms with van der Waals surface area (Å²) in [5.74, 6) is -0.336. The standard InChI is InChI=1S/C16H11Cl2F3N2O2/c17-12-4-5-14(13(18)7-12)25-9-15(24)23-22-8-10-2-1-3-11(6-10)16(19,20)21/h1-8H,9H2,(H,23,24)/b22-8-. The van der Waals surface area contributed by atoms with Crippen molar-refractivity contribution in [1.29, 1.82) is 0 Å². The van der Waals surface area contributed by atoms with Crippen LogP contribution in [0.15, 0.2) is 47.6 Å². The average Bonchev–Trinajstić information content (AvgIpc) is 2.53. The predicted molar refractivity (Wildman–Crippen MR) is 89.1 cm³/mol. The Morgan fingerprint density at radius 2 is 1.96 bits per heavy atom. The summed E-state index contributed by atoms with van der Waals surface area (Å²) in [4.78, 5) is 11.6. The second-order valence-electron chi connectivity index (χ2n) is 4.78. The molecule has 9 heteroatoms. The van der Waals surface area contributed by atoms with Gasteiger partial charge in [-0.2, -0.15) is 18.3 Å². The van der Waals surface area contributed by atoms with Gasteiger partial charge in [0.1, 0.15) is 5.75 Å². The third-order valence-corrected chi connectivity index (χ3v) is 3.40. The summed E-state index contributed by atoms with van der Waals surface area (Å²) in [6, 6.07) is 9.05. The molecule has 0 bridgehead atoms. The monoisotopic (exact) mass is 390 g/mol. The third-order valence-electron chi connectivity index (χ3n) is 2.87. The molecular formula is C16H11Cl2F3N2O2. The largest absolute Gasteiger partial charge is 0.482 e. The summed E-state index contributed by atoms with van der Waals surface area (Å²) < 4.78 is 43.0. The third kappa shape index (κ3) is 5.95. The molecule has 2 aromatic carbocycles. The molecule has 0 saturated heterocycles. The van der Waals surface area contributed by atoms with E-state index in [4.69, 9.17) is 27.9 Å². The summed E-state index contributed by atoms with van der Waals surface area (Å²) in [6.07, 6.45) is -3.35. The minimum absolute atomic E-state index is 0.191. The van der Waals surface area contributed by atoms with Gasteiger partial charge in [-0.3, -0.25) is 4.79 Å². The molecule has 4 nitrogen and oxygen atoms in total. The molecule has 25 heavy (non-hydrogen) atoms. The Balaban J connectivity index is 1.88. The molecular weight excluding hydrogens is 380 g/mol. The zero-order valence-corrected chi connectivity index (χ0v) is 14.0. The molecule has 0 saturated carbocycles. The number of rotatable bonds is 5. The second-order valence-corrected chi connectivity index (χ2v) is 5.62. The van der Waals surface area contributed by atoms with Crippen LogP contribution in [0.2, 0.25) is 10.0 Å². The van der Waals surface area contributed by atoms with Gasteiger partial charge in [-0.15, -0.1) is 0 Å². The fourth-order valence-electron chi connectivity index (χ4n) is 1.74.